The summed E-state index contributed by atoms with van der Waals surface area (Å²) in [7, 11) is 0. The van der Waals surface area contributed by atoms with E-state index < -0.39 is 60.4 Å². The van der Waals surface area contributed by atoms with Crippen LogP contribution >= 0.6 is 0 Å². The van der Waals surface area contributed by atoms with E-state index in [1.807, 2.05) is 56.3 Å². The average Bonchev–Trinajstić information content (AvgIpc) is 3.15. The van der Waals surface area contributed by atoms with E-state index in [0.717, 1.165) is 44.1 Å². The van der Waals surface area contributed by atoms with Crippen LogP contribution in [0.5, 0.6) is 0 Å². The smallest absolute Gasteiger partial charge is 0.334 e. The highest BCUT2D eigenvalue weighted by Gasteiger charge is 2.11. The second-order valence-corrected chi connectivity index (χ2v) is 12.7. The van der Waals surface area contributed by atoms with Gasteiger partial charge in [-0.3, -0.25) is 0 Å². The van der Waals surface area contributed by atoms with Gasteiger partial charge in [0.1, 0.15) is 37.1 Å². The Balaban J connectivity index is -0.000000303. The second-order valence-electron chi connectivity index (χ2n) is 12.7. The van der Waals surface area contributed by atoms with Gasteiger partial charge in [0.05, 0.1) is 26.4 Å². The van der Waals surface area contributed by atoms with Crippen LogP contribution in [-0.2, 0) is 54.3 Å². The van der Waals surface area contributed by atoms with Gasteiger partial charge in [0.15, 0.2) is 0 Å². The van der Waals surface area contributed by atoms with Crippen molar-refractivity contribution < 1.29 is 73.2 Å². The summed E-state index contributed by atoms with van der Waals surface area (Å²) in [5, 5.41) is 43.5. The Morgan fingerprint density at radius 1 is 0.518 bits per heavy atom. The number of hydrogen-bond acceptors (Lipinski definition) is 15. The number of aliphatic hydroxyl groups is 5. The van der Waals surface area contributed by atoms with Crippen LogP contribution in [0.3, 0.4) is 0 Å². The molecule has 0 spiro atoms. The van der Waals surface area contributed by atoms with Crippen LogP contribution in [0.2, 0.25) is 0 Å². The first-order chi connectivity index (χ1) is 26.3. The summed E-state index contributed by atoms with van der Waals surface area (Å²) in [4.78, 5) is 53.2. The Labute approximate surface area is 334 Å². The topological polar surface area (TPSA) is 233 Å². The van der Waals surface area contributed by atoms with E-state index in [4.69, 9.17) is 44.5 Å². The summed E-state index contributed by atoms with van der Waals surface area (Å²) in [6.45, 7) is 18.9. The van der Waals surface area contributed by atoms with E-state index in [1.54, 1.807) is 0 Å². The molecule has 56 heavy (non-hydrogen) atoms. The first-order valence-corrected chi connectivity index (χ1v) is 19.2. The molecule has 5 atom stereocenters. The fourth-order valence-electron chi connectivity index (χ4n) is 2.97. The third kappa shape index (κ3) is 44.5. The molecule has 0 bridgehead atoms. The lowest BCUT2D eigenvalue weighted by Gasteiger charge is -2.07. The fraction of sp³-hybridized carbons (Fsp3) is 0.683. The lowest BCUT2D eigenvalue weighted by molar-refractivity contribution is -0.154. The Hall–Kier alpha value is -3.89. The van der Waals surface area contributed by atoms with Crippen molar-refractivity contribution in [1.82, 2.24) is 0 Å². The van der Waals surface area contributed by atoms with Crippen molar-refractivity contribution >= 4 is 29.8 Å². The van der Waals surface area contributed by atoms with Gasteiger partial charge >= 0.3 is 29.8 Å². The number of hydrogen-bond donors (Lipinski definition) is 5. The summed E-state index contributed by atoms with van der Waals surface area (Å²) in [6, 6.07) is 9.34. The zero-order valence-electron chi connectivity index (χ0n) is 35.3. The Morgan fingerprint density at radius 3 is 1.32 bits per heavy atom. The predicted octanol–water partition coefficient (Wildman–Crippen LogP) is 4.75. The van der Waals surface area contributed by atoms with Crippen LogP contribution in [0.15, 0.2) is 42.5 Å². The zero-order chi connectivity index (χ0) is 43.9. The SMILES string of the molecule is CC(C)CCOC(=O)C(C)O.CC(O)C(=O)OCc1ccccc1.CC/C=C\CCOC(=O)C(C)O.CCCCCOC(=O)C(C)O.CCCOC(=O)C(C)O. The molecule has 1 rings (SSSR count). The maximum Gasteiger partial charge on any atom is 0.334 e. The molecule has 0 amide bonds. The molecule has 0 aliphatic rings. The zero-order valence-corrected chi connectivity index (χ0v) is 35.3. The third-order valence-corrected chi connectivity index (χ3v) is 6.24. The molecule has 5 N–H and O–H groups in total. The predicted molar refractivity (Wildman–Crippen MR) is 212 cm³/mol. The van der Waals surface area contributed by atoms with Gasteiger partial charge in [-0.15, -0.1) is 0 Å². The molecule has 0 saturated heterocycles. The van der Waals surface area contributed by atoms with Crippen molar-refractivity contribution in [1.29, 1.82) is 0 Å². The number of esters is 5. The minimum Gasteiger partial charge on any atom is -0.464 e. The maximum atomic E-state index is 10.8. The van der Waals surface area contributed by atoms with Gasteiger partial charge in [-0.2, -0.15) is 0 Å². The van der Waals surface area contributed by atoms with E-state index in [9.17, 15) is 24.0 Å². The van der Waals surface area contributed by atoms with Crippen molar-refractivity contribution in [2.24, 2.45) is 5.92 Å². The number of unbranched alkanes of at least 4 members (excludes halogenated alkanes) is 2. The molecule has 0 aliphatic carbocycles. The van der Waals surface area contributed by atoms with Crippen molar-refractivity contribution in [3.05, 3.63) is 48.0 Å². The highest BCUT2D eigenvalue weighted by Crippen LogP contribution is 2.02. The van der Waals surface area contributed by atoms with Gasteiger partial charge < -0.3 is 49.2 Å². The lowest BCUT2D eigenvalue weighted by Crippen LogP contribution is -2.20. The van der Waals surface area contributed by atoms with Crippen LogP contribution in [0, 0.1) is 5.92 Å². The van der Waals surface area contributed by atoms with E-state index in [0.29, 0.717) is 38.8 Å². The molecule has 0 radical (unpaired) electrons. The largest absolute Gasteiger partial charge is 0.464 e. The molecule has 1 aromatic rings. The summed E-state index contributed by atoms with van der Waals surface area (Å²) in [5.74, 6) is -2.23. The van der Waals surface area contributed by atoms with Crippen LogP contribution in [-0.4, -0.2) is 112 Å². The highest BCUT2D eigenvalue weighted by molar-refractivity contribution is 5.75. The summed E-state index contributed by atoms with van der Waals surface area (Å²) in [6.07, 6.45) is 5.31. The number of carbonyl (C=O) groups is 5. The van der Waals surface area contributed by atoms with Crippen molar-refractivity contribution in [2.75, 3.05) is 26.4 Å². The van der Waals surface area contributed by atoms with Crippen LogP contribution in [0.1, 0.15) is 120 Å². The van der Waals surface area contributed by atoms with E-state index in [-0.39, 0.29) is 6.61 Å². The molecular formula is C41H72O15. The average molecular weight is 805 g/mol. The normalized spacial score (nSPS) is 12.8. The number of aliphatic hydroxyl groups excluding tert-OH is 5. The summed E-state index contributed by atoms with van der Waals surface area (Å²) < 4.78 is 23.5. The molecule has 0 fully saturated rings. The molecule has 326 valence electrons. The fourth-order valence-corrected chi connectivity index (χ4v) is 2.97. The highest BCUT2D eigenvalue weighted by atomic mass is 16.6. The molecule has 15 heteroatoms. The van der Waals surface area contributed by atoms with Gasteiger partial charge in [-0.25, -0.2) is 24.0 Å². The van der Waals surface area contributed by atoms with Gasteiger partial charge in [-0.05, 0) is 78.2 Å². The lowest BCUT2D eigenvalue weighted by atomic mass is 10.1. The number of ether oxygens (including phenoxy) is 5. The molecule has 0 aliphatic heterocycles. The maximum absolute atomic E-state index is 10.8. The monoisotopic (exact) mass is 804 g/mol. The molecule has 0 aromatic heterocycles. The first-order valence-electron chi connectivity index (χ1n) is 19.2. The summed E-state index contributed by atoms with van der Waals surface area (Å²) >= 11 is 0. The van der Waals surface area contributed by atoms with Crippen LogP contribution in [0.25, 0.3) is 0 Å². The van der Waals surface area contributed by atoms with Gasteiger partial charge in [0, 0.05) is 0 Å². The number of benzene rings is 1. The molecule has 0 saturated carbocycles. The minimum absolute atomic E-state index is 0.213. The van der Waals surface area contributed by atoms with Crippen LogP contribution in [0.4, 0.5) is 0 Å². The Bertz CT molecular complexity index is 1130. The van der Waals surface area contributed by atoms with Gasteiger partial charge in [0.2, 0.25) is 0 Å². The number of carbonyl (C=O) groups excluding carboxylic acids is 5. The molecule has 15 nitrogen and oxygen atoms in total. The van der Waals surface area contributed by atoms with Crippen LogP contribution < -0.4 is 0 Å². The van der Waals surface area contributed by atoms with E-state index >= 15 is 0 Å². The molecule has 0 heterocycles. The second kappa shape index (κ2) is 40.8. The van der Waals surface area contributed by atoms with Crippen molar-refractivity contribution in [2.45, 2.75) is 151 Å². The Kier molecular flexibility index (Phi) is 42.8. The Morgan fingerprint density at radius 2 is 0.929 bits per heavy atom. The quantitative estimate of drug-likeness (QED) is 0.0518. The van der Waals surface area contributed by atoms with Gasteiger partial charge in [-0.1, -0.05) is 89.9 Å². The molecular weight excluding hydrogens is 732 g/mol. The van der Waals surface area contributed by atoms with Crippen molar-refractivity contribution in [3.8, 4) is 0 Å². The first kappa shape index (κ1) is 58.8. The van der Waals surface area contributed by atoms with E-state index in [2.05, 4.69) is 25.5 Å². The number of rotatable bonds is 20. The molecule has 1 aromatic carbocycles. The third-order valence-electron chi connectivity index (χ3n) is 6.24. The summed E-state index contributed by atoms with van der Waals surface area (Å²) in [5.41, 5.74) is 0.913. The van der Waals surface area contributed by atoms with Gasteiger partial charge in [0.25, 0.3) is 0 Å². The standard InChI is InChI=1S/C10H12O3.C9H16O3.2C8H16O3.C6H12O3/c1-8(11)10(12)13-7-9-5-3-2-4-6-9;1-3-4-5-6-7-12-9(11)8(2)10;1-6(2)4-5-11-8(10)7(3)9;1-3-4-5-6-11-8(10)7(2)9;1-3-4-9-6(8)5(2)7/h2-6,8,11H,7H2,1H3;4-5,8,10H,3,6-7H2,1-2H3;6-7,9H,4-5H2,1-3H3;7,9H,3-6H2,1-2H3;5,7H,3-4H2,1-2H3/b;5-4-;;;. The molecule has 5 unspecified atom stereocenters. The van der Waals surface area contributed by atoms with Crippen molar-refractivity contribution in [3.63, 3.8) is 0 Å². The minimum atomic E-state index is -1.05. The number of allylic oxidation sites excluding steroid dienone is 1. The van der Waals surface area contributed by atoms with E-state index in [1.165, 1.54) is 34.6 Å².